The van der Waals surface area contributed by atoms with Gasteiger partial charge in [-0.25, -0.2) is 4.98 Å². The topological polar surface area (TPSA) is 64.3 Å². The molecule has 0 amide bonds. The number of hydrogen-bond acceptors (Lipinski definition) is 5. The zero-order valence-corrected chi connectivity index (χ0v) is 13.1. The SMILES string of the molecule is Cc1cc(NCc2ccccc2OC2CCC2)n2ncnc2n1. The molecule has 23 heavy (non-hydrogen) atoms. The van der Waals surface area contributed by atoms with Crippen LogP contribution in [0.5, 0.6) is 5.75 Å². The third kappa shape index (κ3) is 2.84. The zero-order chi connectivity index (χ0) is 15.6. The van der Waals surface area contributed by atoms with E-state index in [1.807, 2.05) is 31.2 Å². The van der Waals surface area contributed by atoms with Crippen LogP contribution >= 0.6 is 0 Å². The number of ether oxygens (including phenoxy) is 1. The maximum Gasteiger partial charge on any atom is 0.254 e. The predicted molar refractivity (Wildman–Crippen MR) is 87.6 cm³/mol. The Morgan fingerprint density at radius 1 is 1.30 bits per heavy atom. The number of anilines is 1. The van der Waals surface area contributed by atoms with Crippen LogP contribution in [-0.4, -0.2) is 25.7 Å². The number of para-hydroxylation sites is 1. The molecule has 1 saturated carbocycles. The lowest BCUT2D eigenvalue weighted by molar-refractivity contribution is 0.119. The number of aromatic nitrogens is 4. The summed E-state index contributed by atoms with van der Waals surface area (Å²) >= 11 is 0. The standard InChI is InChI=1S/C17H19N5O/c1-12-9-16(22-17(21-12)19-11-20-22)18-10-13-5-2-3-8-15(13)23-14-6-4-7-14/h2-3,5,8-9,11,14,18H,4,6-7,10H2,1H3. The number of aryl methyl sites for hydroxylation is 1. The summed E-state index contributed by atoms with van der Waals surface area (Å²) in [6, 6.07) is 10.2. The van der Waals surface area contributed by atoms with Gasteiger partial charge in [0, 0.05) is 23.9 Å². The van der Waals surface area contributed by atoms with Gasteiger partial charge in [0.05, 0.1) is 6.10 Å². The predicted octanol–water partition coefficient (Wildman–Crippen LogP) is 2.98. The number of benzene rings is 1. The Morgan fingerprint density at radius 3 is 3.00 bits per heavy atom. The molecule has 0 bridgehead atoms. The van der Waals surface area contributed by atoms with Crippen molar-refractivity contribution >= 4 is 11.6 Å². The van der Waals surface area contributed by atoms with Crippen LogP contribution in [0.1, 0.15) is 30.5 Å². The van der Waals surface area contributed by atoms with Crippen LogP contribution in [0.2, 0.25) is 0 Å². The molecule has 0 saturated heterocycles. The highest BCUT2D eigenvalue weighted by Crippen LogP contribution is 2.28. The number of nitrogens with one attached hydrogen (secondary N) is 1. The molecule has 2 aromatic heterocycles. The second-order valence-electron chi connectivity index (χ2n) is 5.89. The molecular formula is C17H19N5O. The second-order valence-corrected chi connectivity index (χ2v) is 5.89. The summed E-state index contributed by atoms with van der Waals surface area (Å²) in [5, 5.41) is 7.64. The Balaban J connectivity index is 1.55. The number of hydrogen-bond donors (Lipinski definition) is 1. The van der Waals surface area contributed by atoms with Crippen LogP contribution in [-0.2, 0) is 6.54 Å². The average Bonchev–Trinajstić information content (AvgIpc) is 2.97. The van der Waals surface area contributed by atoms with Gasteiger partial charge in [0.2, 0.25) is 0 Å². The van der Waals surface area contributed by atoms with Crippen LogP contribution in [0.3, 0.4) is 0 Å². The molecule has 2 heterocycles. The Hall–Kier alpha value is -2.63. The minimum atomic E-state index is 0.376. The van der Waals surface area contributed by atoms with Crippen molar-refractivity contribution in [1.82, 2.24) is 19.6 Å². The van der Waals surface area contributed by atoms with E-state index in [4.69, 9.17) is 4.74 Å². The van der Waals surface area contributed by atoms with Crippen molar-refractivity contribution in [3.05, 3.63) is 47.9 Å². The molecule has 1 aliphatic carbocycles. The minimum absolute atomic E-state index is 0.376. The molecule has 6 heteroatoms. The van der Waals surface area contributed by atoms with E-state index in [-0.39, 0.29) is 0 Å². The molecule has 0 atom stereocenters. The van der Waals surface area contributed by atoms with Gasteiger partial charge in [-0.3, -0.25) is 0 Å². The molecule has 1 N–H and O–H groups in total. The average molecular weight is 309 g/mol. The summed E-state index contributed by atoms with van der Waals surface area (Å²) in [5.74, 6) is 2.44. The summed E-state index contributed by atoms with van der Waals surface area (Å²) < 4.78 is 7.79. The van der Waals surface area contributed by atoms with E-state index < -0.39 is 0 Å². The van der Waals surface area contributed by atoms with Crippen molar-refractivity contribution in [3.8, 4) is 5.75 Å². The quantitative estimate of drug-likeness (QED) is 0.785. The number of fused-ring (bicyclic) bond motifs is 1. The van der Waals surface area contributed by atoms with Crippen molar-refractivity contribution in [2.45, 2.75) is 38.8 Å². The van der Waals surface area contributed by atoms with Gasteiger partial charge >= 0.3 is 0 Å². The lowest BCUT2D eigenvalue weighted by Gasteiger charge is -2.27. The normalized spacial score (nSPS) is 14.7. The fourth-order valence-corrected chi connectivity index (χ4v) is 2.68. The lowest BCUT2D eigenvalue weighted by Crippen LogP contribution is -2.25. The van der Waals surface area contributed by atoms with Crippen LogP contribution in [0.4, 0.5) is 5.82 Å². The van der Waals surface area contributed by atoms with Crippen molar-refractivity contribution in [1.29, 1.82) is 0 Å². The van der Waals surface area contributed by atoms with E-state index in [1.165, 1.54) is 12.7 Å². The van der Waals surface area contributed by atoms with Crippen LogP contribution in [0.15, 0.2) is 36.7 Å². The van der Waals surface area contributed by atoms with Gasteiger partial charge in [-0.2, -0.15) is 14.6 Å². The summed E-state index contributed by atoms with van der Waals surface area (Å²) in [6.07, 6.45) is 5.48. The molecular weight excluding hydrogens is 290 g/mol. The zero-order valence-electron chi connectivity index (χ0n) is 13.1. The third-order valence-electron chi connectivity index (χ3n) is 4.16. The molecule has 6 nitrogen and oxygen atoms in total. The molecule has 0 unspecified atom stereocenters. The fraction of sp³-hybridized carbons (Fsp3) is 0.353. The monoisotopic (exact) mass is 309 g/mol. The molecule has 0 spiro atoms. The summed E-state index contributed by atoms with van der Waals surface area (Å²) in [6.45, 7) is 2.62. The van der Waals surface area contributed by atoms with Crippen LogP contribution in [0, 0.1) is 6.92 Å². The highest BCUT2D eigenvalue weighted by atomic mass is 16.5. The molecule has 1 fully saturated rings. The van der Waals surface area contributed by atoms with Gasteiger partial charge in [-0.15, -0.1) is 0 Å². The minimum Gasteiger partial charge on any atom is -0.490 e. The highest BCUT2D eigenvalue weighted by Gasteiger charge is 2.20. The van der Waals surface area contributed by atoms with E-state index in [2.05, 4.69) is 26.4 Å². The maximum atomic E-state index is 6.08. The van der Waals surface area contributed by atoms with Crippen LogP contribution < -0.4 is 10.1 Å². The van der Waals surface area contributed by atoms with Gasteiger partial charge in [-0.05, 0) is 32.3 Å². The van der Waals surface area contributed by atoms with E-state index in [9.17, 15) is 0 Å². The third-order valence-corrected chi connectivity index (χ3v) is 4.16. The van der Waals surface area contributed by atoms with E-state index in [0.717, 1.165) is 35.7 Å². The molecule has 1 aliphatic rings. The number of rotatable bonds is 5. The smallest absolute Gasteiger partial charge is 0.254 e. The summed E-state index contributed by atoms with van der Waals surface area (Å²) in [4.78, 5) is 8.50. The fourth-order valence-electron chi connectivity index (χ4n) is 2.68. The molecule has 4 rings (SSSR count). The van der Waals surface area contributed by atoms with E-state index in [0.29, 0.717) is 18.4 Å². The highest BCUT2D eigenvalue weighted by molar-refractivity contribution is 5.46. The van der Waals surface area contributed by atoms with E-state index >= 15 is 0 Å². The van der Waals surface area contributed by atoms with Crippen LogP contribution in [0.25, 0.3) is 5.78 Å². The van der Waals surface area contributed by atoms with Crippen molar-refractivity contribution in [2.75, 3.05) is 5.32 Å². The number of nitrogens with zero attached hydrogens (tertiary/aromatic N) is 4. The van der Waals surface area contributed by atoms with Crippen molar-refractivity contribution < 1.29 is 4.74 Å². The summed E-state index contributed by atoms with van der Waals surface area (Å²) in [7, 11) is 0. The molecule has 1 aromatic carbocycles. The van der Waals surface area contributed by atoms with E-state index in [1.54, 1.807) is 4.52 Å². The van der Waals surface area contributed by atoms with Crippen molar-refractivity contribution in [2.24, 2.45) is 0 Å². The van der Waals surface area contributed by atoms with Gasteiger partial charge in [0.15, 0.2) is 0 Å². The Morgan fingerprint density at radius 2 is 2.17 bits per heavy atom. The second kappa shape index (κ2) is 5.87. The first-order chi connectivity index (χ1) is 11.3. The van der Waals surface area contributed by atoms with Gasteiger partial charge in [0.25, 0.3) is 5.78 Å². The van der Waals surface area contributed by atoms with Gasteiger partial charge < -0.3 is 10.1 Å². The molecule has 0 aliphatic heterocycles. The molecule has 118 valence electrons. The Labute approximate surface area is 134 Å². The first-order valence-corrected chi connectivity index (χ1v) is 7.95. The first kappa shape index (κ1) is 14.0. The van der Waals surface area contributed by atoms with Crippen molar-refractivity contribution in [3.63, 3.8) is 0 Å². The van der Waals surface area contributed by atoms with Gasteiger partial charge in [0.1, 0.15) is 17.9 Å². The summed E-state index contributed by atoms with van der Waals surface area (Å²) in [5.41, 5.74) is 2.05. The Bertz CT molecular complexity index is 825. The molecule has 3 aromatic rings. The largest absolute Gasteiger partial charge is 0.490 e. The van der Waals surface area contributed by atoms with Gasteiger partial charge in [-0.1, -0.05) is 18.2 Å². The lowest BCUT2D eigenvalue weighted by atomic mass is 9.96. The maximum absolute atomic E-state index is 6.08. The first-order valence-electron chi connectivity index (χ1n) is 7.95. The Kier molecular flexibility index (Phi) is 3.57. The molecule has 0 radical (unpaired) electrons.